The molecule has 8 heteroatoms. The smallest absolute Gasteiger partial charge is 0.173 e. The molecule has 0 amide bonds. The van der Waals surface area contributed by atoms with Gasteiger partial charge in [0.2, 0.25) is 0 Å². The standard InChI is InChI=1S/C29H36N6OS/c1-4-32-11-13-34(14-12-32)28-19-21(2)26-20-24(7-10-27(26)31-28)30-29(37)35-17-15-33(16-18-35)25-8-5-23(6-9-25)22(3)36/h5-10,19-20H,4,11-18H2,1-3H3,(H,30,37). The Bertz CT molecular complexity index is 1280. The van der Waals surface area contributed by atoms with Gasteiger partial charge < -0.3 is 24.9 Å². The molecule has 2 saturated heterocycles. The van der Waals surface area contributed by atoms with E-state index in [4.69, 9.17) is 17.2 Å². The van der Waals surface area contributed by atoms with E-state index in [1.54, 1.807) is 6.92 Å². The van der Waals surface area contributed by atoms with Crippen LogP contribution in [-0.2, 0) is 0 Å². The highest BCUT2D eigenvalue weighted by Gasteiger charge is 2.20. The predicted molar refractivity (Wildman–Crippen MR) is 157 cm³/mol. The summed E-state index contributed by atoms with van der Waals surface area (Å²) in [7, 11) is 0. The van der Waals surface area contributed by atoms with Gasteiger partial charge in [-0.3, -0.25) is 4.79 Å². The zero-order chi connectivity index (χ0) is 25.9. The van der Waals surface area contributed by atoms with Crippen molar-refractivity contribution in [3.63, 3.8) is 0 Å². The lowest BCUT2D eigenvalue weighted by Gasteiger charge is -2.37. The highest BCUT2D eigenvalue weighted by Crippen LogP contribution is 2.26. The number of likely N-dealkylation sites (N-methyl/N-ethyl adjacent to an activating group) is 1. The molecule has 3 aromatic rings. The fraction of sp³-hybridized carbons (Fsp3) is 0.414. The first kappa shape index (κ1) is 25.4. The van der Waals surface area contributed by atoms with Crippen molar-refractivity contribution < 1.29 is 4.79 Å². The van der Waals surface area contributed by atoms with Gasteiger partial charge in [-0.2, -0.15) is 0 Å². The number of hydrogen-bond acceptors (Lipinski definition) is 6. The SMILES string of the molecule is CCN1CCN(c2cc(C)c3cc(NC(=S)N4CCN(c5ccc(C(C)=O)cc5)CC4)ccc3n2)CC1. The fourth-order valence-electron chi connectivity index (χ4n) is 5.19. The summed E-state index contributed by atoms with van der Waals surface area (Å²) in [6.45, 7) is 14.8. The minimum atomic E-state index is 0.0957. The number of aryl methyl sites for hydroxylation is 1. The molecular weight excluding hydrogens is 480 g/mol. The number of aromatic nitrogens is 1. The Morgan fingerprint density at radius 3 is 2.24 bits per heavy atom. The second kappa shape index (κ2) is 11.0. The van der Waals surface area contributed by atoms with Crippen LogP contribution in [0.2, 0.25) is 0 Å². The third kappa shape index (κ3) is 5.70. The summed E-state index contributed by atoms with van der Waals surface area (Å²) in [5.41, 5.74) is 5.15. The van der Waals surface area contributed by atoms with Gasteiger partial charge in [0.1, 0.15) is 5.82 Å². The number of benzene rings is 2. The second-order valence-electron chi connectivity index (χ2n) is 9.96. The van der Waals surface area contributed by atoms with Crippen molar-refractivity contribution in [3.05, 3.63) is 59.7 Å². The van der Waals surface area contributed by atoms with E-state index < -0.39 is 0 Å². The minimum absolute atomic E-state index is 0.0957. The molecule has 2 aliphatic heterocycles. The lowest BCUT2D eigenvalue weighted by atomic mass is 10.1. The molecule has 37 heavy (non-hydrogen) atoms. The molecule has 1 aromatic heterocycles. The summed E-state index contributed by atoms with van der Waals surface area (Å²) in [5, 5.41) is 5.36. The molecule has 0 bridgehead atoms. The van der Waals surface area contributed by atoms with Gasteiger partial charge in [-0.25, -0.2) is 4.98 Å². The van der Waals surface area contributed by atoms with Gasteiger partial charge in [-0.15, -0.1) is 0 Å². The van der Waals surface area contributed by atoms with Crippen LogP contribution in [0.3, 0.4) is 0 Å². The molecule has 5 rings (SSSR count). The number of hydrogen-bond donors (Lipinski definition) is 1. The summed E-state index contributed by atoms with van der Waals surface area (Å²) in [4.78, 5) is 26.0. The Labute approximate surface area is 225 Å². The number of rotatable bonds is 5. The van der Waals surface area contributed by atoms with Gasteiger partial charge in [-0.1, -0.05) is 6.92 Å². The Kier molecular flexibility index (Phi) is 7.58. The topological polar surface area (TPSA) is 55.0 Å². The van der Waals surface area contributed by atoms with Crippen molar-refractivity contribution >= 4 is 51.2 Å². The van der Waals surface area contributed by atoms with E-state index in [-0.39, 0.29) is 5.78 Å². The Hall–Kier alpha value is -3.23. The molecular formula is C29H36N6OS. The number of fused-ring (bicyclic) bond motifs is 1. The van der Waals surface area contributed by atoms with Crippen LogP contribution in [0.1, 0.15) is 29.8 Å². The van der Waals surface area contributed by atoms with Crippen LogP contribution in [0, 0.1) is 6.92 Å². The van der Waals surface area contributed by atoms with E-state index in [0.29, 0.717) is 0 Å². The number of pyridine rings is 1. The van der Waals surface area contributed by atoms with Gasteiger partial charge in [-0.05, 0) is 86.7 Å². The van der Waals surface area contributed by atoms with Crippen LogP contribution in [0.25, 0.3) is 10.9 Å². The molecule has 0 unspecified atom stereocenters. The molecule has 2 aliphatic rings. The van der Waals surface area contributed by atoms with Crippen molar-refractivity contribution in [3.8, 4) is 0 Å². The first-order valence-electron chi connectivity index (χ1n) is 13.2. The van der Waals surface area contributed by atoms with E-state index in [1.165, 1.54) is 5.56 Å². The molecule has 0 spiro atoms. The largest absolute Gasteiger partial charge is 0.368 e. The maximum Gasteiger partial charge on any atom is 0.173 e. The highest BCUT2D eigenvalue weighted by molar-refractivity contribution is 7.80. The maximum absolute atomic E-state index is 11.5. The summed E-state index contributed by atoms with van der Waals surface area (Å²) in [5.74, 6) is 1.17. The predicted octanol–water partition coefficient (Wildman–Crippen LogP) is 4.41. The van der Waals surface area contributed by atoms with Crippen LogP contribution >= 0.6 is 12.2 Å². The molecule has 1 N–H and O–H groups in total. The highest BCUT2D eigenvalue weighted by atomic mass is 32.1. The molecule has 7 nitrogen and oxygen atoms in total. The Morgan fingerprint density at radius 1 is 0.919 bits per heavy atom. The van der Waals surface area contributed by atoms with Gasteiger partial charge in [0.05, 0.1) is 5.52 Å². The second-order valence-corrected chi connectivity index (χ2v) is 10.3. The Morgan fingerprint density at radius 2 is 1.59 bits per heavy atom. The molecule has 0 saturated carbocycles. The van der Waals surface area contributed by atoms with Crippen LogP contribution in [0.5, 0.6) is 0 Å². The number of Topliss-reactive ketones (excluding diaryl/α,β-unsaturated/α-hetero) is 1. The summed E-state index contributed by atoms with van der Waals surface area (Å²) >= 11 is 5.77. The monoisotopic (exact) mass is 516 g/mol. The van der Waals surface area contributed by atoms with Gasteiger partial charge >= 0.3 is 0 Å². The van der Waals surface area contributed by atoms with Crippen molar-refractivity contribution in [2.24, 2.45) is 0 Å². The number of carbonyl (C=O) groups is 1. The number of thiocarbonyl (C=S) groups is 1. The van der Waals surface area contributed by atoms with Crippen LogP contribution in [-0.4, -0.2) is 84.6 Å². The van der Waals surface area contributed by atoms with E-state index in [9.17, 15) is 4.79 Å². The zero-order valence-electron chi connectivity index (χ0n) is 22.0. The first-order chi connectivity index (χ1) is 17.9. The fourth-order valence-corrected chi connectivity index (χ4v) is 5.49. The average Bonchev–Trinajstić information content (AvgIpc) is 2.93. The zero-order valence-corrected chi connectivity index (χ0v) is 22.9. The third-order valence-electron chi connectivity index (χ3n) is 7.60. The van der Waals surface area contributed by atoms with Gasteiger partial charge in [0.15, 0.2) is 10.9 Å². The van der Waals surface area contributed by atoms with Gasteiger partial charge in [0.25, 0.3) is 0 Å². The van der Waals surface area contributed by atoms with Crippen LogP contribution in [0.15, 0.2) is 48.5 Å². The van der Waals surface area contributed by atoms with E-state index in [2.05, 4.69) is 63.0 Å². The van der Waals surface area contributed by atoms with Crippen molar-refractivity contribution in [1.29, 1.82) is 0 Å². The molecule has 2 fully saturated rings. The van der Waals surface area contributed by atoms with Crippen molar-refractivity contribution in [1.82, 2.24) is 14.8 Å². The van der Waals surface area contributed by atoms with Gasteiger partial charge in [0, 0.05) is 74.7 Å². The normalized spacial score (nSPS) is 16.8. The van der Waals surface area contributed by atoms with Crippen molar-refractivity contribution in [2.75, 3.05) is 74.0 Å². The number of piperazine rings is 2. The molecule has 2 aromatic carbocycles. The average molecular weight is 517 g/mol. The summed E-state index contributed by atoms with van der Waals surface area (Å²) in [6, 6.07) is 16.4. The summed E-state index contributed by atoms with van der Waals surface area (Å²) in [6.07, 6.45) is 0. The number of nitrogens with one attached hydrogen (secondary N) is 1. The number of carbonyl (C=O) groups excluding carboxylic acids is 1. The lowest BCUT2D eigenvalue weighted by Crippen LogP contribution is -2.50. The number of nitrogens with zero attached hydrogens (tertiary/aromatic N) is 5. The molecule has 0 radical (unpaired) electrons. The quantitative estimate of drug-likeness (QED) is 0.396. The Balaban J connectivity index is 1.20. The third-order valence-corrected chi connectivity index (χ3v) is 7.96. The number of anilines is 3. The van der Waals surface area contributed by atoms with E-state index in [0.717, 1.165) is 97.7 Å². The lowest BCUT2D eigenvalue weighted by molar-refractivity contribution is 0.101. The molecule has 3 heterocycles. The molecule has 194 valence electrons. The maximum atomic E-state index is 11.5. The van der Waals surface area contributed by atoms with E-state index >= 15 is 0 Å². The molecule has 0 atom stereocenters. The minimum Gasteiger partial charge on any atom is -0.368 e. The number of ketones is 1. The van der Waals surface area contributed by atoms with Crippen molar-refractivity contribution in [2.45, 2.75) is 20.8 Å². The van der Waals surface area contributed by atoms with Crippen LogP contribution < -0.4 is 15.1 Å². The van der Waals surface area contributed by atoms with E-state index in [1.807, 2.05) is 24.3 Å². The van der Waals surface area contributed by atoms with Crippen LogP contribution in [0.4, 0.5) is 17.2 Å². The first-order valence-corrected chi connectivity index (χ1v) is 13.6. The molecule has 0 aliphatic carbocycles. The summed E-state index contributed by atoms with van der Waals surface area (Å²) < 4.78 is 0.